The molecule has 0 radical (unpaired) electrons. The molecule has 1 aliphatic heterocycles. The van der Waals surface area contributed by atoms with Crippen LogP contribution in [0.2, 0.25) is 0 Å². The molecule has 0 unspecified atom stereocenters. The van der Waals surface area contributed by atoms with E-state index in [0.717, 1.165) is 35.1 Å². The van der Waals surface area contributed by atoms with Crippen molar-refractivity contribution in [2.24, 2.45) is 0 Å². The van der Waals surface area contributed by atoms with Crippen molar-refractivity contribution < 1.29 is 13.9 Å². The first kappa shape index (κ1) is 18.6. The summed E-state index contributed by atoms with van der Waals surface area (Å²) in [5, 5.41) is 8.32. The van der Waals surface area contributed by atoms with Crippen LogP contribution in [0.1, 0.15) is 24.7 Å². The van der Waals surface area contributed by atoms with Crippen LogP contribution < -0.4 is 5.32 Å². The van der Waals surface area contributed by atoms with E-state index in [-0.39, 0.29) is 12.1 Å². The molecular formula is C21H26N4O3. The van der Waals surface area contributed by atoms with Crippen molar-refractivity contribution in [2.45, 2.75) is 39.3 Å². The van der Waals surface area contributed by atoms with E-state index in [4.69, 9.17) is 9.15 Å². The molecule has 0 bridgehead atoms. The second-order valence-corrected chi connectivity index (χ2v) is 7.14. The number of rotatable bonds is 4. The summed E-state index contributed by atoms with van der Waals surface area (Å²) in [6.07, 6.45) is 5.21. The minimum atomic E-state index is -0.129. The number of hydrogen-bond donors (Lipinski definition) is 1. The van der Waals surface area contributed by atoms with Gasteiger partial charge >= 0.3 is 6.03 Å². The third kappa shape index (κ3) is 3.75. The van der Waals surface area contributed by atoms with Crippen LogP contribution in [0.5, 0.6) is 0 Å². The molecule has 1 N–H and O–H groups in total. The Morgan fingerprint density at radius 3 is 3.04 bits per heavy atom. The Balaban J connectivity index is 1.50. The van der Waals surface area contributed by atoms with Gasteiger partial charge in [0.1, 0.15) is 5.76 Å². The minimum absolute atomic E-state index is 0.0820. The monoisotopic (exact) mass is 382 g/mol. The molecule has 3 aromatic rings. The van der Waals surface area contributed by atoms with Crippen LogP contribution in [-0.2, 0) is 17.7 Å². The molecule has 4 rings (SSSR count). The van der Waals surface area contributed by atoms with Crippen LogP contribution in [0.25, 0.3) is 11.0 Å². The molecule has 3 heterocycles. The SMILES string of the molecule is CCc1oc2c(NC(=O)N3CCCO[C@H](Cn4cccn4)C3)cccc2c1C. The van der Waals surface area contributed by atoms with E-state index in [1.165, 1.54) is 0 Å². The van der Waals surface area contributed by atoms with Gasteiger partial charge in [0.2, 0.25) is 0 Å². The molecule has 0 aliphatic carbocycles. The number of furan rings is 1. The predicted molar refractivity (Wildman–Crippen MR) is 108 cm³/mol. The highest BCUT2D eigenvalue weighted by molar-refractivity contribution is 6.00. The number of aromatic nitrogens is 2. The number of carbonyl (C=O) groups excluding carboxylic acids is 1. The van der Waals surface area contributed by atoms with Gasteiger partial charge < -0.3 is 19.4 Å². The molecule has 1 fully saturated rings. The highest BCUT2D eigenvalue weighted by Gasteiger charge is 2.24. The number of ether oxygens (including phenoxy) is 1. The number of nitrogens with one attached hydrogen (secondary N) is 1. The lowest BCUT2D eigenvalue weighted by molar-refractivity contribution is 0.0442. The van der Waals surface area contributed by atoms with E-state index >= 15 is 0 Å². The fourth-order valence-electron chi connectivity index (χ4n) is 3.73. The van der Waals surface area contributed by atoms with Crippen LogP contribution in [0.15, 0.2) is 41.1 Å². The van der Waals surface area contributed by atoms with E-state index in [1.54, 1.807) is 6.20 Å². The topological polar surface area (TPSA) is 72.5 Å². The van der Waals surface area contributed by atoms with Crippen LogP contribution in [-0.4, -0.2) is 46.5 Å². The maximum Gasteiger partial charge on any atom is 0.322 e. The zero-order valence-electron chi connectivity index (χ0n) is 16.4. The summed E-state index contributed by atoms with van der Waals surface area (Å²) in [7, 11) is 0. The Labute approximate surface area is 164 Å². The van der Waals surface area contributed by atoms with Gasteiger partial charge in [-0.3, -0.25) is 4.68 Å². The van der Waals surface area contributed by atoms with Crippen molar-refractivity contribution in [1.82, 2.24) is 14.7 Å². The molecule has 2 amide bonds. The number of benzene rings is 1. The molecule has 1 saturated heterocycles. The molecule has 1 atom stereocenters. The quantitative estimate of drug-likeness (QED) is 0.744. The van der Waals surface area contributed by atoms with Crippen LogP contribution >= 0.6 is 0 Å². The second kappa shape index (κ2) is 8.06. The van der Waals surface area contributed by atoms with E-state index in [1.807, 2.05) is 40.0 Å². The number of hydrogen-bond acceptors (Lipinski definition) is 4. The van der Waals surface area contributed by atoms with E-state index in [0.29, 0.717) is 31.9 Å². The van der Waals surface area contributed by atoms with Crippen LogP contribution in [0.4, 0.5) is 10.5 Å². The maximum atomic E-state index is 13.0. The maximum absolute atomic E-state index is 13.0. The van der Waals surface area contributed by atoms with Crippen LogP contribution in [0, 0.1) is 6.92 Å². The molecule has 1 aliphatic rings. The number of urea groups is 1. The molecule has 7 heteroatoms. The van der Waals surface area contributed by atoms with Gasteiger partial charge in [0, 0.05) is 37.4 Å². The number of nitrogens with zero attached hydrogens (tertiary/aromatic N) is 3. The molecule has 0 spiro atoms. The summed E-state index contributed by atoms with van der Waals surface area (Å²) < 4.78 is 13.8. The third-order valence-corrected chi connectivity index (χ3v) is 5.21. The first-order valence-corrected chi connectivity index (χ1v) is 9.81. The summed E-state index contributed by atoms with van der Waals surface area (Å²) in [5.41, 5.74) is 2.58. The first-order chi connectivity index (χ1) is 13.7. The van der Waals surface area contributed by atoms with E-state index in [2.05, 4.69) is 24.3 Å². The zero-order valence-corrected chi connectivity index (χ0v) is 16.4. The Morgan fingerprint density at radius 2 is 2.25 bits per heavy atom. The van der Waals surface area contributed by atoms with Gasteiger partial charge in [-0.15, -0.1) is 0 Å². The van der Waals surface area contributed by atoms with Crippen molar-refractivity contribution in [3.05, 3.63) is 48.0 Å². The van der Waals surface area contributed by atoms with Gasteiger partial charge in [0.25, 0.3) is 0 Å². The normalized spacial score (nSPS) is 17.6. The van der Waals surface area contributed by atoms with Gasteiger partial charge in [0.05, 0.1) is 24.9 Å². The molecular weight excluding hydrogens is 356 g/mol. The highest BCUT2D eigenvalue weighted by atomic mass is 16.5. The molecule has 2 aromatic heterocycles. The van der Waals surface area contributed by atoms with Crippen molar-refractivity contribution in [2.75, 3.05) is 25.0 Å². The van der Waals surface area contributed by atoms with Gasteiger partial charge in [-0.1, -0.05) is 19.1 Å². The minimum Gasteiger partial charge on any atom is -0.459 e. The number of carbonyl (C=O) groups is 1. The fraction of sp³-hybridized carbons (Fsp3) is 0.429. The molecule has 1 aromatic carbocycles. The summed E-state index contributed by atoms with van der Waals surface area (Å²) in [6, 6.07) is 7.63. The van der Waals surface area contributed by atoms with Crippen molar-refractivity contribution in [3.63, 3.8) is 0 Å². The number of fused-ring (bicyclic) bond motifs is 1. The van der Waals surface area contributed by atoms with Gasteiger partial charge in [0.15, 0.2) is 5.58 Å². The zero-order chi connectivity index (χ0) is 19.5. The van der Waals surface area contributed by atoms with Gasteiger partial charge in [-0.2, -0.15) is 5.10 Å². The largest absolute Gasteiger partial charge is 0.459 e. The number of aryl methyl sites for hydroxylation is 2. The lowest BCUT2D eigenvalue weighted by Gasteiger charge is -2.24. The van der Waals surface area contributed by atoms with E-state index in [9.17, 15) is 4.79 Å². The lowest BCUT2D eigenvalue weighted by Crippen LogP contribution is -2.41. The van der Waals surface area contributed by atoms with E-state index < -0.39 is 0 Å². The molecule has 0 saturated carbocycles. The second-order valence-electron chi connectivity index (χ2n) is 7.14. The Kier molecular flexibility index (Phi) is 5.34. The molecule has 28 heavy (non-hydrogen) atoms. The number of anilines is 1. The Morgan fingerprint density at radius 1 is 1.36 bits per heavy atom. The summed E-state index contributed by atoms with van der Waals surface area (Å²) >= 11 is 0. The average Bonchev–Trinajstić information content (AvgIpc) is 3.24. The summed E-state index contributed by atoms with van der Waals surface area (Å²) in [5.74, 6) is 0.958. The summed E-state index contributed by atoms with van der Waals surface area (Å²) in [4.78, 5) is 14.8. The molecule has 7 nitrogen and oxygen atoms in total. The smallest absolute Gasteiger partial charge is 0.322 e. The predicted octanol–water partition coefficient (Wildman–Crippen LogP) is 3.82. The fourth-order valence-corrected chi connectivity index (χ4v) is 3.73. The third-order valence-electron chi connectivity index (χ3n) is 5.21. The molecule has 148 valence electrons. The average molecular weight is 382 g/mol. The van der Waals surface area contributed by atoms with Crippen LogP contribution in [0.3, 0.4) is 0 Å². The van der Waals surface area contributed by atoms with Gasteiger partial charge in [-0.25, -0.2) is 4.79 Å². The Hall–Kier alpha value is -2.80. The van der Waals surface area contributed by atoms with Crippen molar-refractivity contribution >= 4 is 22.7 Å². The summed E-state index contributed by atoms with van der Waals surface area (Å²) in [6.45, 7) is 6.59. The first-order valence-electron chi connectivity index (χ1n) is 9.81. The lowest BCUT2D eigenvalue weighted by atomic mass is 10.1. The van der Waals surface area contributed by atoms with Crippen molar-refractivity contribution in [3.8, 4) is 0 Å². The van der Waals surface area contributed by atoms with Gasteiger partial charge in [-0.05, 0) is 31.0 Å². The standard InChI is InChI=1S/C21H26N4O3/c1-3-19-15(2)17-7-4-8-18(20(17)28-19)23-21(26)24-10-6-12-27-16(13-24)14-25-11-5-9-22-25/h4-5,7-9,11,16H,3,6,10,12-14H2,1-2H3,(H,23,26)/t16-/m0/s1. The number of amides is 2. The Bertz CT molecular complexity index is 948. The highest BCUT2D eigenvalue weighted by Crippen LogP contribution is 2.31. The number of para-hydroxylation sites is 1. The van der Waals surface area contributed by atoms with Crippen molar-refractivity contribution in [1.29, 1.82) is 0 Å².